The van der Waals surface area contributed by atoms with Crippen LogP contribution in [-0.2, 0) is 6.42 Å². The number of halogens is 1. The lowest BCUT2D eigenvalue weighted by Gasteiger charge is -2.14. The van der Waals surface area contributed by atoms with E-state index in [0.717, 1.165) is 16.5 Å². The number of amides is 1. The number of H-pyrrole nitrogens is 1. The van der Waals surface area contributed by atoms with Crippen molar-refractivity contribution in [2.75, 3.05) is 25.1 Å². The number of fused-ring (bicyclic) bond motifs is 1. The van der Waals surface area contributed by atoms with Gasteiger partial charge in [0.25, 0.3) is 5.91 Å². The second kappa shape index (κ2) is 11.9. The zero-order chi connectivity index (χ0) is 25.3. The maximum atomic E-state index is 14.3. The molecule has 0 spiro atoms. The molecule has 7 nitrogen and oxygen atoms in total. The molecule has 0 aliphatic heterocycles. The van der Waals surface area contributed by atoms with E-state index < -0.39 is 11.7 Å². The summed E-state index contributed by atoms with van der Waals surface area (Å²) in [5.74, 6) is 0.334. The second-order valence-electron chi connectivity index (χ2n) is 7.93. The minimum atomic E-state index is -0.448. The van der Waals surface area contributed by atoms with Crippen LogP contribution >= 0.6 is 0 Å². The highest BCUT2D eigenvalue weighted by atomic mass is 19.1. The van der Waals surface area contributed by atoms with Crippen LogP contribution in [0.3, 0.4) is 0 Å². The van der Waals surface area contributed by atoms with Crippen LogP contribution in [0.25, 0.3) is 10.9 Å². The van der Waals surface area contributed by atoms with Crippen LogP contribution in [0.4, 0.5) is 10.1 Å². The van der Waals surface area contributed by atoms with Gasteiger partial charge >= 0.3 is 0 Å². The number of nitrogens with one attached hydrogen (secondary N) is 3. The van der Waals surface area contributed by atoms with E-state index in [1.807, 2.05) is 44.3 Å². The molecule has 186 valence electrons. The van der Waals surface area contributed by atoms with Crippen LogP contribution < -0.4 is 20.1 Å². The summed E-state index contributed by atoms with van der Waals surface area (Å²) in [6.07, 6.45) is 2.60. The number of ether oxygens (including phenoxy) is 2. The van der Waals surface area contributed by atoms with Crippen molar-refractivity contribution < 1.29 is 18.7 Å². The fourth-order valence-corrected chi connectivity index (χ4v) is 3.80. The van der Waals surface area contributed by atoms with E-state index in [-0.39, 0.29) is 11.6 Å². The number of benzene rings is 3. The highest BCUT2D eigenvalue weighted by molar-refractivity contribution is 6.10. The molecule has 36 heavy (non-hydrogen) atoms. The Balaban J connectivity index is 1.54. The number of rotatable bonds is 9. The molecular formula is C28H29FN4O3. The summed E-state index contributed by atoms with van der Waals surface area (Å²) >= 11 is 0. The van der Waals surface area contributed by atoms with Gasteiger partial charge in [-0.2, -0.15) is 0 Å². The summed E-state index contributed by atoms with van der Waals surface area (Å²) in [4.78, 5) is 20.9. The van der Waals surface area contributed by atoms with Crippen LogP contribution in [0.5, 0.6) is 11.5 Å². The molecular weight excluding hydrogens is 459 g/mol. The summed E-state index contributed by atoms with van der Waals surface area (Å²) in [6, 6.07) is 19.2. The summed E-state index contributed by atoms with van der Waals surface area (Å²) in [5, 5.41) is 6.82. The third kappa shape index (κ3) is 6.02. The first-order valence-corrected chi connectivity index (χ1v) is 11.9. The van der Waals surface area contributed by atoms with E-state index in [1.165, 1.54) is 6.07 Å². The molecule has 1 heterocycles. The highest BCUT2D eigenvalue weighted by Crippen LogP contribution is 2.28. The van der Waals surface area contributed by atoms with Gasteiger partial charge < -0.3 is 19.8 Å². The zero-order valence-electron chi connectivity index (χ0n) is 20.3. The number of hydrogen-bond acceptors (Lipinski definition) is 4. The molecule has 0 saturated carbocycles. The molecule has 1 aromatic heterocycles. The lowest BCUT2D eigenvalue weighted by molar-refractivity contribution is 0.0976. The highest BCUT2D eigenvalue weighted by Gasteiger charge is 2.15. The van der Waals surface area contributed by atoms with Gasteiger partial charge in [0, 0.05) is 29.2 Å². The van der Waals surface area contributed by atoms with Gasteiger partial charge in [0.1, 0.15) is 5.82 Å². The van der Waals surface area contributed by atoms with E-state index in [4.69, 9.17) is 9.47 Å². The molecule has 4 aromatic rings. The molecule has 0 unspecified atom stereocenters. The molecule has 0 bridgehead atoms. The van der Waals surface area contributed by atoms with Crippen LogP contribution in [0.2, 0.25) is 0 Å². The topological polar surface area (TPSA) is 87.7 Å². The number of carbonyl (C=O) groups excluding carboxylic acids is 1. The maximum absolute atomic E-state index is 14.3. The van der Waals surface area contributed by atoms with Gasteiger partial charge in [0.15, 0.2) is 11.5 Å². The number of para-hydroxylation sites is 2. The maximum Gasteiger partial charge on any atom is 0.258 e. The third-order valence-corrected chi connectivity index (χ3v) is 5.49. The first-order valence-electron chi connectivity index (χ1n) is 11.9. The molecule has 8 heteroatoms. The fraction of sp³-hybridized carbons (Fsp3) is 0.214. The van der Waals surface area contributed by atoms with E-state index in [0.29, 0.717) is 43.2 Å². The lowest BCUT2D eigenvalue weighted by Crippen LogP contribution is -2.36. The molecule has 0 saturated heterocycles. The second-order valence-corrected chi connectivity index (χ2v) is 7.93. The summed E-state index contributed by atoms with van der Waals surface area (Å²) < 4.78 is 25.5. The van der Waals surface area contributed by atoms with Gasteiger partial charge in [-0.25, -0.2) is 4.39 Å². The normalized spacial score (nSPS) is 11.4. The fourth-order valence-electron chi connectivity index (χ4n) is 3.80. The van der Waals surface area contributed by atoms with E-state index in [1.54, 1.807) is 36.4 Å². The minimum Gasteiger partial charge on any atom is -0.490 e. The van der Waals surface area contributed by atoms with Crippen molar-refractivity contribution in [1.29, 1.82) is 0 Å². The number of anilines is 1. The Hall–Kier alpha value is -4.33. The number of aromatic nitrogens is 1. The van der Waals surface area contributed by atoms with Gasteiger partial charge in [0.05, 0.1) is 18.9 Å². The van der Waals surface area contributed by atoms with E-state index >= 15 is 0 Å². The van der Waals surface area contributed by atoms with Crippen LogP contribution in [0.15, 0.2) is 77.9 Å². The van der Waals surface area contributed by atoms with E-state index in [9.17, 15) is 9.18 Å². The van der Waals surface area contributed by atoms with Crippen molar-refractivity contribution >= 4 is 28.5 Å². The van der Waals surface area contributed by atoms with E-state index in [2.05, 4.69) is 20.6 Å². The molecule has 0 radical (unpaired) electrons. The average molecular weight is 489 g/mol. The number of carbonyl (C=O) groups is 1. The van der Waals surface area contributed by atoms with Crippen molar-refractivity contribution in [1.82, 2.24) is 10.3 Å². The molecule has 4 rings (SSSR count). The van der Waals surface area contributed by atoms with Gasteiger partial charge in [-0.1, -0.05) is 30.3 Å². The first-order chi connectivity index (χ1) is 17.6. The van der Waals surface area contributed by atoms with Crippen molar-refractivity contribution in [3.63, 3.8) is 0 Å². The SMILES string of the molecule is CCOc1ccc(C(=O)NC(=NCCc2c[nH]c3ccccc23)Nc2ccccc2F)cc1OCC. The van der Waals surface area contributed by atoms with Crippen LogP contribution in [-0.4, -0.2) is 36.6 Å². The lowest BCUT2D eigenvalue weighted by atomic mass is 10.1. The largest absolute Gasteiger partial charge is 0.490 e. The third-order valence-electron chi connectivity index (χ3n) is 5.49. The number of hydrogen-bond donors (Lipinski definition) is 3. The molecule has 0 atom stereocenters. The van der Waals surface area contributed by atoms with Crippen molar-refractivity contribution in [2.24, 2.45) is 4.99 Å². The Morgan fingerprint density at radius 3 is 2.53 bits per heavy atom. The molecule has 0 aliphatic carbocycles. The zero-order valence-corrected chi connectivity index (χ0v) is 20.3. The van der Waals surface area contributed by atoms with Crippen molar-refractivity contribution in [2.45, 2.75) is 20.3 Å². The van der Waals surface area contributed by atoms with Gasteiger partial charge in [-0.05, 0) is 62.2 Å². The molecule has 3 aromatic carbocycles. The number of nitrogens with zero attached hydrogens (tertiary/aromatic N) is 1. The number of aromatic amines is 1. The van der Waals surface area contributed by atoms with Crippen molar-refractivity contribution in [3.05, 3.63) is 89.9 Å². The predicted octanol–water partition coefficient (Wildman–Crippen LogP) is 5.55. The summed E-state index contributed by atoms with van der Waals surface area (Å²) in [5.41, 5.74) is 2.74. The Bertz CT molecular complexity index is 1370. The standard InChI is InChI=1S/C28H29FN4O3/c1-3-35-25-14-13-19(17-26(25)36-4-2)27(34)33-28(32-24-12-8-6-10-22(24)29)30-16-15-20-18-31-23-11-7-5-9-21(20)23/h5-14,17-18,31H,3-4,15-16H2,1-2H3,(H2,30,32,33,34). The van der Waals surface area contributed by atoms with Gasteiger partial charge in [-0.15, -0.1) is 0 Å². The van der Waals surface area contributed by atoms with Crippen molar-refractivity contribution in [3.8, 4) is 11.5 Å². The quantitative estimate of drug-likeness (QED) is 0.213. The van der Waals surface area contributed by atoms with Crippen LogP contribution in [0, 0.1) is 5.82 Å². The minimum absolute atomic E-state index is 0.150. The van der Waals surface area contributed by atoms with Crippen LogP contribution in [0.1, 0.15) is 29.8 Å². The van der Waals surface area contributed by atoms with Gasteiger partial charge in [-0.3, -0.25) is 15.1 Å². The number of guanidine groups is 1. The molecule has 3 N–H and O–H groups in total. The Morgan fingerprint density at radius 1 is 0.972 bits per heavy atom. The Kier molecular flexibility index (Phi) is 8.18. The molecule has 1 amide bonds. The smallest absolute Gasteiger partial charge is 0.258 e. The summed E-state index contributed by atoms with van der Waals surface area (Å²) in [6.45, 7) is 5.03. The Morgan fingerprint density at radius 2 is 1.72 bits per heavy atom. The monoisotopic (exact) mass is 488 g/mol. The van der Waals surface area contributed by atoms with Gasteiger partial charge in [0.2, 0.25) is 5.96 Å². The molecule has 0 aliphatic rings. The Labute approximate surface area is 209 Å². The number of aliphatic imine (C=N–C) groups is 1. The first kappa shape index (κ1) is 24.8. The predicted molar refractivity (Wildman–Crippen MR) is 141 cm³/mol. The average Bonchev–Trinajstić information content (AvgIpc) is 3.29. The molecule has 0 fully saturated rings. The summed E-state index contributed by atoms with van der Waals surface area (Å²) in [7, 11) is 0.